The highest BCUT2D eigenvalue weighted by molar-refractivity contribution is 5.75. The molecule has 0 bridgehead atoms. The van der Waals surface area contributed by atoms with E-state index in [-0.39, 0.29) is 28.6 Å². The lowest BCUT2D eigenvalue weighted by Crippen LogP contribution is -2.03. The second kappa shape index (κ2) is 3.91. The minimum Gasteiger partial charge on any atom is -0.381 e. The van der Waals surface area contributed by atoms with Crippen LogP contribution < -0.4 is 11.1 Å². The highest BCUT2D eigenvalue weighted by atomic mass is 19.1. The van der Waals surface area contributed by atoms with Crippen LogP contribution in [0.4, 0.5) is 21.7 Å². The Balaban J connectivity index is 2.04. The van der Waals surface area contributed by atoms with Gasteiger partial charge in [0.1, 0.15) is 5.82 Å². The zero-order chi connectivity index (χ0) is 12.5. The average molecular weight is 246 g/mol. The second-order valence-electron chi connectivity index (χ2n) is 3.47. The van der Waals surface area contributed by atoms with E-state index in [4.69, 9.17) is 5.73 Å². The number of benzene rings is 1. The van der Waals surface area contributed by atoms with Gasteiger partial charge in [0.2, 0.25) is 11.3 Å². The van der Waals surface area contributed by atoms with E-state index in [0.717, 1.165) is 0 Å². The standard InChI is InChI=1S/C10H7FN6O/c11-5-3-1-2-4-6(5)13-8-7(12)14-9-10(15-8)17-18-16-9/h1-4H,(H2,12,14,16)(H,13,15,17). The molecule has 0 spiro atoms. The number of nitrogens with two attached hydrogens (primary N) is 1. The van der Waals surface area contributed by atoms with Crippen LogP contribution in [0.2, 0.25) is 0 Å². The van der Waals surface area contributed by atoms with Crippen LogP contribution in [-0.4, -0.2) is 20.3 Å². The Hall–Kier alpha value is -2.77. The third-order valence-corrected chi connectivity index (χ3v) is 2.27. The first-order valence-corrected chi connectivity index (χ1v) is 5.01. The van der Waals surface area contributed by atoms with Crippen LogP contribution in [0, 0.1) is 5.82 Å². The number of hydrogen-bond donors (Lipinski definition) is 2. The maximum atomic E-state index is 13.5. The number of nitrogens with one attached hydrogen (secondary N) is 1. The molecule has 0 radical (unpaired) electrons. The molecule has 0 fully saturated rings. The summed E-state index contributed by atoms with van der Waals surface area (Å²) in [6.07, 6.45) is 0. The number of hydrogen-bond acceptors (Lipinski definition) is 7. The Bertz CT molecular complexity index is 712. The van der Waals surface area contributed by atoms with Gasteiger partial charge in [-0.15, -0.1) is 0 Å². The Kier molecular flexibility index (Phi) is 2.26. The van der Waals surface area contributed by atoms with Gasteiger partial charge in [0.25, 0.3) is 0 Å². The Labute approximate surface area is 99.8 Å². The minimum absolute atomic E-state index is 0.0847. The van der Waals surface area contributed by atoms with E-state index in [2.05, 4.69) is 30.2 Å². The number of rotatable bonds is 2. The van der Waals surface area contributed by atoms with Gasteiger partial charge < -0.3 is 11.1 Å². The number of para-hydroxylation sites is 1. The molecule has 0 aliphatic heterocycles. The van der Waals surface area contributed by atoms with E-state index in [1.54, 1.807) is 18.2 Å². The first-order valence-electron chi connectivity index (χ1n) is 5.01. The third-order valence-electron chi connectivity index (χ3n) is 2.27. The second-order valence-corrected chi connectivity index (χ2v) is 3.47. The SMILES string of the molecule is Nc1nc2nonc2nc1Nc1ccccc1F. The first kappa shape index (κ1) is 10.4. The molecule has 18 heavy (non-hydrogen) atoms. The molecule has 3 N–H and O–H groups in total. The molecule has 3 aromatic rings. The summed E-state index contributed by atoms with van der Waals surface area (Å²) in [5, 5.41) is 9.78. The van der Waals surface area contributed by atoms with E-state index in [1.807, 2.05) is 0 Å². The number of nitrogen functional groups attached to an aromatic ring is 1. The summed E-state index contributed by atoms with van der Waals surface area (Å²) in [6.45, 7) is 0. The summed E-state index contributed by atoms with van der Waals surface area (Å²) >= 11 is 0. The molecule has 0 atom stereocenters. The van der Waals surface area contributed by atoms with Gasteiger partial charge in [-0.2, -0.15) is 0 Å². The van der Waals surface area contributed by atoms with Crippen molar-refractivity contribution in [2.45, 2.75) is 0 Å². The van der Waals surface area contributed by atoms with Crippen molar-refractivity contribution in [3.05, 3.63) is 30.1 Å². The minimum atomic E-state index is -0.419. The molecule has 1 aromatic carbocycles. The zero-order valence-corrected chi connectivity index (χ0v) is 8.96. The molecule has 8 heteroatoms. The molecule has 3 rings (SSSR count). The van der Waals surface area contributed by atoms with Crippen molar-refractivity contribution >= 4 is 28.6 Å². The Morgan fingerprint density at radius 1 is 1.11 bits per heavy atom. The summed E-state index contributed by atoms with van der Waals surface area (Å²) in [5.41, 5.74) is 6.32. The molecule has 0 amide bonds. The average Bonchev–Trinajstić information content (AvgIpc) is 2.79. The van der Waals surface area contributed by atoms with Crippen LogP contribution in [-0.2, 0) is 0 Å². The van der Waals surface area contributed by atoms with Crippen LogP contribution in [0.3, 0.4) is 0 Å². The van der Waals surface area contributed by atoms with Gasteiger partial charge in [-0.25, -0.2) is 19.0 Å². The van der Waals surface area contributed by atoms with Crippen molar-refractivity contribution in [1.82, 2.24) is 20.3 Å². The van der Waals surface area contributed by atoms with E-state index < -0.39 is 5.82 Å². The number of fused-ring (bicyclic) bond motifs is 1. The van der Waals surface area contributed by atoms with E-state index in [1.165, 1.54) is 6.07 Å². The molecule has 0 unspecified atom stereocenters. The normalized spacial score (nSPS) is 10.7. The molecule has 0 aliphatic rings. The lowest BCUT2D eigenvalue weighted by molar-refractivity contribution is 0.314. The fourth-order valence-electron chi connectivity index (χ4n) is 1.43. The van der Waals surface area contributed by atoms with E-state index in [9.17, 15) is 4.39 Å². The molecule has 0 saturated carbocycles. The summed E-state index contributed by atoms with van der Waals surface area (Å²) in [5.74, 6) is -0.137. The lowest BCUT2D eigenvalue weighted by Gasteiger charge is -2.07. The van der Waals surface area contributed by atoms with Gasteiger partial charge in [-0.05, 0) is 22.4 Å². The number of halogens is 1. The fraction of sp³-hybridized carbons (Fsp3) is 0. The largest absolute Gasteiger partial charge is 0.381 e. The van der Waals surface area contributed by atoms with Crippen molar-refractivity contribution in [2.24, 2.45) is 0 Å². The van der Waals surface area contributed by atoms with Crippen molar-refractivity contribution in [3.63, 3.8) is 0 Å². The molecule has 2 aromatic heterocycles. The lowest BCUT2D eigenvalue weighted by atomic mass is 10.3. The molecule has 7 nitrogen and oxygen atoms in total. The molecular weight excluding hydrogens is 239 g/mol. The van der Waals surface area contributed by atoms with Gasteiger partial charge in [0.05, 0.1) is 5.69 Å². The van der Waals surface area contributed by atoms with Gasteiger partial charge >= 0.3 is 0 Å². The molecular formula is C10H7FN6O. The molecule has 2 heterocycles. The summed E-state index contributed by atoms with van der Waals surface area (Å²) in [4.78, 5) is 7.96. The summed E-state index contributed by atoms with van der Waals surface area (Å²) in [7, 11) is 0. The third kappa shape index (κ3) is 1.69. The quantitative estimate of drug-likeness (QED) is 0.705. The summed E-state index contributed by atoms with van der Waals surface area (Å²) in [6, 6.07) is 6.15. The zero-order valence-electron chi connectivity index (χ0n) is 8.96. The van der Waals surface area contributed by atoms with Crippen LogP contribution in [0.1, 0.15) is 0 Å². The highest BCUT2D eigenvalue weighted by Gasteiger charge is 2.11. The number of nitrogens with zero attached hydrogens (tertiary/aromatic N) is 4. The van der Waals surface area contributed by atoms with E-state index in [0.29, 0.717) is 0 Å². The van der Waals surface area contributed by atoms with Crippen LogP contribution >= 0.6 is 0 Å². The van der Waals surface area contributed by atoms with Crippen LogP contribution in [0.5, 0.6) is 0 Å². The topological polar surface area (TPSA) is 103 Å². The number of aromatic nitrogens is 4. The van der Waals surface area contributed by atoms with Gasteiger partial charge in [0, 0.05) is 0 Å². The molecule has 0 aliphatic carbocycles. The van der Waals surface area contributed by atoms with Crippen molar-refractivity contribution in [2.75, 3.05) is 11.1 Å². The van der Waals surface area contributed by atoms with Gasteiger partial charge in [0.15, 0.2) is 11.6 Å². The smallest absolute Gasteiger partial charge is 0.245 e. The number of anilines is 3. The first-order chi connectivity index (χ1) is 8.74. The van der Waals surface area contributed by atoms with Crippen LogP contribution in [0.15, 0.2) is 28.9 Å². The maximum absolute atomic E-state index is 13.5. The highest BCUT2D eigenvalue weighted by Crippen LogP contribution is 2.22. The van der Waals surface area contributed by atoms with Gasteiger partial charge in [-0.3, -0.25) is 0 Å². The molecule has 90 valence electrons. The van der Waals surface area contributed by atoms with Crippen molar-refractivity contribution < 1.29 is 9.02 Å². The fourth-order valence-corrected chi connectivity index (χ4v) is 1.43. The van der Waals surface area contributed by atoms with Crippen molar-refractivity contribution in [3.8, 4) is 0 Å². The van der Waals surface area contributed by atoms with Crippen LogP contribution in [0.25, 0.3) is 11.3 Å². The maximum Gasteiger partial charge on any atom is 0.245 e. The molecule has 0 saturated heterocycles. The van der Waals surface area contributed by atoms with E-state index >= 15 is 0 Å². The predicted molar refractivity (Wildman–Crippen MR) is 61.5 cm³/mol. The summed E-state index contributed by atoms with van der Waals surface area (Å²) < 4.78 is 17.9. The monoisotopic (exact) mass is 246 g/mol. The Morgan fingerprint density at radius 2 is 1.83 bits per heavy atom. The predicted octanol–water partition coefficient (Wildman–Crippen LogP) is 1.48. The Morgan fingerprint density at radius 3 is 2.61 bits per heavy atom. The van der Waals surface area contributed by atoms with Crippen molar-refractivity contribution in [1.29, 1.82) is 0 Å². The van der Waals surface area contributed by atoms with Gasteiger partial charge in [-0.1, -0.05) is 12.1 Å².